The molecule has 1 N–H and O–H groups in total. The fourth-order valence-corrected chi connectivity index (χ4v) is 1.72. The molecule has 0 aliphatic carbocycles. The van der Waals surface area contributed by atoms with Crippen molar-refractivity contribution < 1.29 is 0 Å². The number of tetrazole rings is 1. The van der Waals surface area contributed by atoms with Crippen molar-refractivity contribution in [3.05, 3.63) is 29.8 Å². The van der Waals surface area contributed by atoms with Crippen molar-refractivity contribution in [2.45, 2.75) is 11.8 Å². The number of hydrogen-bond donors (Lipinski definition) is 1. The minimum Gasteiger partial charge on any atom is -0.177 e. The van der Waals surface area contributed by atoms with E-state index in [1.807, 2.05) is 24.3 Å². The van der Waals surface area contributed by atoms with Gasteiger partial charge in [0.15, 0.2) is 0 Å². The van der Waals surface area contributed by atoms with Gasteiger partial charge in [-0.2, -0.15) is 5.21 Å². The van der Waals surface area contributed by atoms with Crippen LogP contribution in [-0.4, -0.2) is 20.6 Å². The second-order valence-electron chi connectivity index (χ2n) is 2.94. The molecule has 0 bridgehead atoms. The van der Waals surface area contributed by atoms with E-state index < -0.39 is 0 Å². The molecule has 1 heterocycles. The number of alkyl halides is 1. The minimum atomic E-state index is 0.275. The molecule has 0 fully saturated rings. The molecule has 0 radical (unpaired) electrons. The standard InChI is InChI=1S/C9H9BrN4/c1-6(10)7-4-2-3-5-8(7)9-11-13-14-12-9/h2-6H,1H3,(H,11,12,13,14). The molecule has 72 valence electrons. The number of hydrogen-bond acceptors (Lipinski definition) is 3. The molecule has 4 nitrogen and oxygen atoms in total. The third-order valence-electron chi connectivity index (χ3n) is 1.98. The predicted molar refractivity (Wildman–Crippen MR) is 57.0 cm³/mol. The number of aromatic nitrogens is 4. The van der Waals surface area contributed by atoms with Crippen molar-refractivity contribution in [1.82, 2.24) is 20.6 Å². The average Bonchev–Trinajstić information content (AvgIpc) is 2.70. The van der Waals surface area contributed by atoms with E-state index in [4.69, 9.17) is 0 Å². The summed E-state index contributed by atoms with van der Waals surface area (Å²) < 4.78 is 0. The molecule has 0 saturated heterocycles. The Kier molecular flexibility index (Phi) is 2.58. The van der Waals surface area contributed by atoms with Gasteiger partial charge in [0.05, 0.1) is 0 Å². The van der Waals surface area contributed by atoms with Gasteiger partial charge in [0.2, 0.25) is 5.82 Å². The van der Waals surface area contributed by atoms with Crippen LogP contribution in [0.1, 0.15) is 17.3 Å². The summed E-state index contributed by atoms with van der Waals surface area (Å²) in [5.74, 6) is 0.631. The summed E-state index contributed by atoms with van der Waals surface area (Å²) in [6.07, 6.45) is 0. The summed E-state index contributed by atoms with van der Waals surface area (Å²) in [5, 5.41) is 13.9. The van der Waals surface area contributed by atoms with Crippen LogP contribution in [0.4, 0.5) is 0 Å². The predicted octanol–water partition coefficient (Wildman–Crippen LogP) is 2.32. The molecule has 14 heavy (non-hydrogen) atoms. The van der Waals surface area contributed by atoms with E-state index in [1.54, 1.807) is 0 Å². The van der Waals surface area contributed by atoms with Crippen molar-refractivity contribution in [2.75, 3.05) is 0 Å². The lowest BCUT2D eigenvalue weighted by atomic mass is 10.1. The van der Waals surface area contributed by atoms with Gasteiger partial charge in [-0.05, 0) is 17.7 Å². The van der Waals surface area contributed by atoms with E-state index in [2.05, 4.69) is 43.5 Å². The van der Waals surface area contributed by atoms with Gasteiger partial charge in [-0.25, -0.2) is 0 Å². The summed E-state index contributed by atoms with van der Waals surface area (Å²) >= 11 is 3.53. The number of nitrogens with one attached hydrogen (secondary N) is 1. The van der Waals surface area contributed by atoms with E-state index in [9.17, 15) is 0 Å². The molecule has 2 rings (SSSR count). The normalized spacial score (nSPS) is 12.7. The van der Waals surface area contributed by atoms with Crippen LogP contribution >= 0.6 is 15.9 Å². The number of benzene rings is 1. The lowest BCUT2D eigenvalue weighted by Crippen LogP contribution is -1.91. The smallest absolute Gasteiger partial charge is 0.177 e. The first-order valence-corrected chi connectivity index (χ1v) is 5.17. The second kappa shape index (κ2) is 3.88. The van der Waals surface area contributed by atoms with E-state index >= 15 is 0 Å². The molecule has 0 spiro atoms. The fraction of sp³-hybridized carbons (Fsp3) is 0.222. The topological polar surface area (TPSA) is 54.5 Å². The summed E-state index contributed by atoms with van der Waals surface area (Å²) in [5.41, 5.74) is 2.17. The van der Waals surface area contributed by atoms with Crippen LogP contribution in [0.25, 0.3) is 11.4 Å². The molecule has 1 unspecified atom stereocenters. The van der Waals surface area contributed by atoms with Crippen LogP contribution in [-0.2, 0) is 0 Å². The van der Waals surface area contributed by atoms with Crippen LogP contribution in [0.5, 0.6) is 0 Å². The quantitative estimate of drug-likeness (QED) is 0.835. The molecule has 0 saturated carbocycles. The van der Waals surface area contributed by atoms with Gasteiger partial charge in [0.25, 0.3) is 0 Å². The summed E-state index contributed by atoms with van der Waals surface area (Å²) in [6, 6.07) is 7.99. The van der Waals surface area contributed by atoms with Crippen molar-refractivity contribution in [1.29, 1.82) is 0 Å². The van der Waals surface area contributed by atoms with Gasteiger partial charge in [-0.1, -0.05) is 40.2 Å². The van der Waals surface area contributed by atoms with Crippen molar-refractivity contribution in [3.8, 4) is 11.4 Å². The Hall–Kier alpha value is -1.23. The van der Waals surface area contributed by atoms with Crippen LogP contribution in [0, 0.1) is 0 Å². The zero-order chi connectivity index (χ0) is 9.97. The third-order valence-corrected chi connectivity index (χ3v) is 2.47. The lowest BCUT2D eigenvalue weighted by molar-refractivity contribution is 0.881. The number of halogens is 1. The van der Waals surface area contributed by atoms with Crippen LogP contribution in [0.3, 0.4) is 0 Å². The largest absolute Gasteiger partial charge is 0.204 e. The minimum absolute atomic E-state index is 0.275. The maximum atomic E-state index is 3.96. The first-order valence-electron chi connectivity index (χ1n) is 4.26. The van der Waals surface area contributed by atoms with Crippen molar-refractivity contribution in [3.63, 3.8) is 0 Å². The molecule has 1 atom stereocenters. The molecule has 0 aliphatic heterocycles. The summed E-state index contributed by atoms with van der Waals surface area (Å²) in [6.45, 7) is 2.07. The van der Waals surface area contributed by atoms with Crippen molar-refractivity contribution >= 4 is 15.9 Å². The van der Waals surface area contributed by atoms with E-state index in [0.29, 0.717) is 5.82 Å². The zero-order valence-electron chi connectivity index (χ0n) is 7.61. The van der Waals surface area contributed by atoms with E-state index in [0.717, 1.165) is 11.1 Å². The lowest BCUT2D eigenvalue weighted by Gasteiger charge is -2.07. The summed E-state index contributed by atoms with van der Waals surface area (Å²) in [4.78, 5) is 0.275. The molecule has 1 aromatic carbocycles. The summed E-state index contributed by atoms with van der Waals surface area (Å²) in [7, 11) is 0. The highest BCUT2D eigenvalue weighted by Gasteiger charge is 2.11. The first-order chi connectivity index (χ1) is 6.79. The highest BCUT2D eigenvalue weighted by Crippen LogP contribution is 2.29. The Balaban J connectivity index is 2.53. The highest BCUT2D eigenvalue weighted by molar-refractivity contribution is 9.09. The van der Waals surface area contributed by atoms with Crippen LogP contribution in [0.15, 0.2) is 24.3 Å². The van der Waals surface area contributed by atoms with Gasteiger partial charge < -0.3 is 0 Å². The Labute approximate surface area is 89.9 Å². The third kappa shape index (κ3) is 1.68. The fourth-order valence-electron chi connectivity index (χ4n) is 1.32. The van der Waals surface area contributed by atoms with E-state index in [-0.39, 0.29) is 4.83 Å². The Morgan fingerprint density at radius 3 is 2.79 bits per heavy atom. The van der Waals surface area contributed by atoms with E-state index in [1.165, 1.54) is 0 Å². The Morgan fingerprint density at radius 1 is 1.36 bits per heavy atom. The molecule has 0 amide bonds. The Bertz CT molecular complexity index is 411. The average molecular weight is 253 g/mol. The highest BCUT2D eigenvalue weighted by atomic mass is 79.9. The number of H-pyrrole nitrogens is 1. The molecule has 5 heteroatoms. The van der Waals surface area contributed by atoms with Gasteiger partial charge >= 0.3 is 0 Å². The molecular formula is C9H9BrN4. The van der Waals surface area contributed by atoms with Gasteiger partial charge in [-0.3, -0.25) is 0 Å². The van der Waals surface area contributed by atoms with Gasteiger partial charge in [-0.15, -0.1) is 10.2 Å². The number of rotatable bonds is 2. The zero-order valence-corrected chi connectivity index (χ0v) is 9.19. The van der Waals surface area contributed by atoms with Gasteiger partial charge in [0.1, 0.15) is 0 Å². The molecule has 0 aliphatic rings. The number of nitrogens with zero attached hydrogens (tertiary/aromatic N) is 3. The maximum absolute atomic E-state index is 3.96. The maximum Gasteiger partial charge on any atom is 0.204 e. The van der Waals surface area contributed by atoms with Crippen molar-refractivity contribution in [2.24, 2.45) is 0 Å². The molecule has 1 aromatic heterocycles. The monoisotopic (exact) mass is 252 g/mol. The first kappa shape index (κ1) is 9.33. The second-order valence-corrected chi connectivity index (χ2v) is 4.31. The SMILES string of the molecule is CC(Br)c1ccccc1-c1nn[nH]n1. The molecular weight excluding hydrogens is 244 g/mol. The van der Waals surface area contributed by atoms with Gasteiger partial charge in [0, 0.05) is 10.4 Å². The Morgan fingerprint density at radius 2 is 2.14 bits per heavy atom. The number of aromatic amines is 1. The molecule has 2 aromatic rings. The van der Waals surface area contributed by atoms with Crippen LogP contribution < -0.4 is 0 Å². The van der Waals surface area contributed by atoms with Crippen LogP contribution in [0.2, 0.25) is 0 Å².